The number of hydrogen-bond acceptors (Lipinski definition) is 3. The predicted molar refractivity (Wildman–Crippen MR) is 72.0 cm³/mol. The highest BCUT2D eigenvalue weighted by Crippen LogP contribution is 2.05. The van der Waals surface area contributed by atoms with E-state index in [-0.39, 0.29) is 0 Å². The van der Waals surface area contributed by atoms with Crippen molar-refractivity contribution in [2.75, 3.05) is 13.1 Å². The molecule has 0 fully saturated rings. The van der Waals surface area contributed by atoms with Crippen molar-refractivity contribution < 1.29 is 4.42 Å². The summed E-state index contributed by atoms with van der Waals surface area (Å²) in [5.74, 6) is 1.06. The van der Waals surface area contributed by atoms with Crippen LogP contribution < -0.4 is 11.1 Å². The molecule has 17 heavy (non-hydrogen) atoms. The quantitative estimate of drug-likeness (QED) is 0.616. The van der Waals surface area contributed by atoms with Crippen LogP contribution in [0.25, 0.3) is 0 Å². The third-order valence-electron chi connectivity index (χ3n) is 2.96. The zero-order chi connectivity index (χ0) is 12.3. The molecule has 1 atom stereocenters. The molecule has 0 aliphatic heterocycles. The Kier molecular flexibility index (Phi) is 7.76. The lowest BCUT2D eigenvalue weighted by Gasteiger charge is -2.12. The van der Waals surface area contributed by atoms with Gasteiger partial charge in [0.25, 0.3) is 0 Å². The predicted octanol–water partition coefficient (Wildman–Crippen LogP) is 2.71. The lowest BCUT2D eigenvalue weighted by Crippen LogP contribution is -2.28. The average molecular weight is 238 g/mol. The second-order valence-electron chi connectivity index (χ2n) is 4.70. The zero-order valence-corrected chi connectivity index (χ0v) is 11.0. The van der Waals surface area contributed by atoms with Crippen LogP contribution in [0, 0.1) is 0 Å². The number of nitrogens with one attached hydrogen (secondary N) is 1. The van der Waals surface area contributed by atoms with Crippen molar-refractivity contribution in [1.82, 2.24) is 5.32 Å². The first-order valence-electron chi connectivity index (χ1n) is 6.78. The van der Waals surface area contributed by atoms with Crippen molar-refractivity contribution in [2.45, 2.75) is 51.5 Å². The first-order chi connectivity index (χ1) is 8.33. The molecule has 3 N–H and O–H groups in total. The van der Waals surface area contributed by atoms with Crippen molar-refractivity contribution in [3.8, 4) is 0 Å². The van der Waals surface area contributed by atoms with Gasteiger partial charge in [-0.3, -0.25) is 0 Å². The van der Waals surface area contributed by atoms with Gasteiger partial charge >= 0.3 is 0 Å². The second kappa shape index (κ2) is 9.25. The van der Waals surface area contributed by atoms with Gasteiger partial charge in [0.1, 0.15) is 5.76 Å². The lowest BCUT2D eigenvalue weighted by atomic mass is 10.1. The third kappa shape index (κ3) is 7.18. The Morgan fingerprint density at radius 1 is 1.24 bits per heavy atom. The SMILES string of the molecule is CC(Cc1ccco1)NCCCCCCCN. The molecule has 0 aromatic carbocycles. The summed E-state index contributed by atoms with van der Waals surface area (Å²) in [6, 6.07) is 4.47. The van der Waals surface area contributed by atoms with Crippen molar-refractivity contribution >= 4 is 0 Å². The smallest absolute Gasteiger partial charge is 0.105 e. The van der Waals surface area contributed by atoms with Crippen LogP contribution >= 0.6 is 0 Å². The van der Waals surface area contributed by atoms with Crippen LogP contribution in [-0.4, -0.2) is 19.1 Å². The zero-order valence-electron chi connectivity index (χ0n) is 11.0. The molecular weight excluding hydrogens is 212 g/mol. The maximum Gasteiger partial charge on any atom is 0.105 e. The lowest BCUT2D eigenvalue weighted by molar-refractivity contribution is 0.450. The maximum atomic E-state index is 5.45. The summed E-state index contributed by atoms with van der Waals surface area (Å²) in [7, 11) is 0. The Morgan fingerprint density at radius 3 is 2.71 bits per heavy atom. The summed E-state index contributed by atoms with van der Waals surface area (Å²) in [4.78, 5) is 0. The van der Waals surface area contributed by atoms with Gasteiger partial charge in [-0.1, -0.05) is 19.3 Å². The fraction of sp³-hybridized carbons (Fsp3) is 0.714. The van der Waals surface area contributed by atoms with Crippen molar-refractivity contribution in [1.29, 1.82) is 0 Å². The number of hydrogen-bond donors (Lipinski definition) is 2. The summed E-state index contributed by atoms with van der Waals surface area (Å²) in [6.45, 7) is 4.14. The Balaban J connectivity index is 1.92. The van der Waals surface area contributed by atoms with Crippen molar-refractivity contribution in [3.05, 3.63) is 24.2 Å². The monoisotopic (exact) mass is 238 g/mol. The number of rotatable bonds is 10. The minimum atomic E-state index is 0.491. The molecule has 0 saturated carbocycles. The van der Waals surface area contributed by atoms with Crippen LogP contribution in [0.2, 0.25) is 0 Å². The van der Waals surface area contributed by atoms with Crippen molar-refractivity contribution in [2.24, 2.45) is 5.73 Å². The molecule has 1 unspecified atom stereocenters. The van der Waals surface area contributed by atoms with Gasteiger partial charge in [-0.15, -0.1) is 0 Å². The molecule has 0 aliphatic rings. The molecular formula is C14H26N2O. The van der Waals surface area contributed by atoms with E-state index >= 15 is 0 Å². The van der Waals surface area contributed by atoms with Gasteiger partial charge in [-0.2, -0.15) is 0 Å². The molecule has 1 heterocycles. The maximum absolute atomic E-state index is 5.45. The third-order valence-corrected chi connectivity index (χ3v) is 2.96. The van der Waals surface area contributed by atoms with Crippen LogP contribution in [-0.2, 0) is 6.42 Å². The van der Waals surface area contributed by atoms with Gasteiger partial charge in [-0.05, 0) is 45.0 Å². The van der Waals surface area contributed by atoms with E-state index in [1.54, 1.807) is 6.26 Å². The van der Waals surface area contributed by atoms with E-state index in [0.717, 1.165) is 25.3 Å². The Labute approximate surface area is 105 Å². The standard InChI is InChI=1S/C14H26N2O/c1-13(12-14-8-7-11-17-14)16-10-6-4-2-3-5-9-15/h7-8,11,13,16H,2-6,9-10,12,15H2,1H3. The molecule has 1 aromatic heterocycles. The number of nitrogens with two attached hydrogens (primary N) is 1. The van der Waals surface area contributed by atoms with Crippen LogP contribution in [0.15, 0.2) is 22.8 Å². The van der Waals surface area contributed by atoms with Gasteiger partial charge in [-0.25, -0.2) is 0 Å². The highest BCUT2D eigenvalue weighted by molar-refractivity contribution is 4.99. The first-order valence-corrected chi connectivity index (χ1v) is 6.78. The highest BCUT2D eigenvalue weighted by atomic mass is 16.3. The Morgan fingerprint density at radius 2 is 2.00 bits per heavy atom. The largest absolute Gasteiger partial charge is 0.469 e. The van der Waals surface area contributed by atoms with Gasteiger partial charge < -0.3 is 15.5 Å². The molecule has 0 radical (unpaired) electrons. The van der Waals surface area contributed by atoms with E-state index in [4.69, 9.17) is 10.2 Å². The molecule has 0 aliphatic carbocycles. The van der Waals surface area contributed by atoms with E-state index in [2.05, 4.69) is 12.2 Å². The number of furan rings is 1. The normalized spacial score (nSPS) is 12.8. The van der Waals surface area contributed by atoms with Gasteiger partial charge in [0.2, 0.25) is 0 Å². The Bertz CT molecular complexity index is 259. The van der Waals surface area contributed by atoms with Gasteiger partial charge in [0, 0.05) is 12.5 Å². The molecule has 0 spiro atoms. The number of unbranched alkanes of at least 4 members (excludes halogenated alkanes) is 4. The fourth-order valence-electron chi connectivity index (χ4n) is 1.95. The molecule has 1 rings (SSSR count). The summed E-state index contributed by atoms with van der Waals surface area (Å²) >= 11 is 0. The van der Waals surface area contributed by atoms with Gasteiger partial charge in [0.05, 0.1) is 6.26 Å². The topological polar surface area (TPSA) is 51.2 Å². The van der Waals surface area contributed by atoms with Crippen molar-refractivity contribution in [3.63, 3.8) is 0 Å². The average Bonchev–Trinajstić information content (AvgIpc) is 2.80. The van der Waals surface area contributed by atoms with Gasteiger partial charge in [0.15, 0.2) is 0 Å². The molecule has 98 valence electrons. The summed E-state index contributed by atoms with van der Waals surface area (Å²) in [5.41, 5.74) is 5.45. The molecule has 0 bridgehead atoms. The van der Waals surface area contributed by atoms with E-state index in [0.29, 0.717) is 6.04 Å². The summed E-state index contributed by atoms with van der Waals surface area (Å²) in [6.07, 6.45) is 9.03. The van der Waals surface area contributed by atoms with E-state index in [9.17, 15) is 0 Å². The van der Waals surface area contributed by atoms with Crippen LogP contribution in [0.5, 0.6) is 0 Å². The second-order valence-corrected chi connectivity index (χ2v) is 4.70. The highest BCUT2D eigenvalue weighted by Gasteiger charge is 2.04. The minimum absolute atomic E-state index is 0.491. The summed E-state index contributed by atoms with van der Waals surface area (Å²) in [5, 5.41) is 3.53. The molecule has 0 saturated heterocycles. The van der Waals surface area contributed by atoms with E-state index < -0.39 is 0 Å². The van der Waals surface area contributed by atoms with E-state index in [1.165, 1.54) is 32.1 Å². The van der Waals surface area contributed by atoms with Crippen LogP contribution in [0.3, 0.4) is 0 Å². The van der Waals surface area contributed by atoms with E-state index in [1.807, 2.05) is 12.1 Å². The molecule has 3 heteroatoms. The minimum Gasteiger partial charge on any atom is -0.469 e. The first kappa shape index (κ1) is 14.3. The molecule has 1 aromatic rings. The van der Waals surface area contributed by atoms with Crippen LogP contribution in [0.1, 0.15) is 44.8 Å². The molecule has 0 amide bonds. The summed E-state index contributed by atoms with van der Waals surface area (Å²) < 4.78 is 5.32. The Hall–Kier alpha value is -0.800. The molecule has 3 nitrogen and oxygen atoms in total. The fourth-order valence-corrected chi connectivity index (χ4v) is 1.95. The van der Waals surface area contributed by atoms with Crippen LogP contribution in [0.4, 0.5) is 0 Å².